The zero-order chi connectivity index (χ0) is 14.2. The number of nitrogens with zero attached hydrogens (tertiary/aromatic N) is 2. The predicted octanol–water partition coefficient (Wildman–Crippen LogP) is 3.53. The second-order valence-corrected chi connectivity index (χ2v) is 7.86. The van der Waals surface area contributed by atoms with E-state index in [1.165, 1.54) is 30.4 Å². The van der Waals surface area contributed by atoms with E-state index in [1.54, 1.807) is 0 Å². The third-order valence-corrected chi connectivity index (χ3v) is 6.70. The summed E-state index contributed by atoms with van der Waals surface area (Å²) in [5.74, 6) is 0.727. The Bertz CT molecular complexity index is 673. The van der Waals surface area contributed by atoms with E-state index in [4.69, 9.17) is 0 Å². The van der Waals surface area contributed by atoms with Crippen LogP contribution >= 0.6 is 0 Å². The second-order valence-electron chi connectivity index (χ2n) is 6.10. The van der Waals surface area contributed by atoms with Crippen molar-refractivity contribution in [3.63, 3.8) is 0 Å². The highest BCUT2D eigenvalue weighted by molar-refractivity contribution is 7.85. The zero-order valence-corrected chi connectivity index (χ0v) is 12.9. The summed E-state index contributed by atoms with van der Waals surface area (Å²) in [6, 6.07) is 8.66. The van der Waals surface area contributed by atoms with Crippen LogP contribution in [-0.4, -0.2) is 24.8 Å². The third kappa shape index (κ3) is 2.26. The smallest absolute Gasteiger partial charge is 0.0957 e. The van der Waals surface area contributed by atoms with Crippen LogP contribution in [0.5, 0.6) is 0 Å². The first-order chi connectivity index (χ1) is 10.3. The van der Waals surface area contributed by atoms with Gasteiger partial charge >= 0.3 is 0 Å². The van der Waals surface area contributed by atoms with Crippen LogP contribution in [0.4, 0.5) is 0 Å². The fourth-order valence-electron chi connectivity index (χ4n) is 3.72. The lowest BCUT2D eigenvalue weighted by Gasteiger charge is -2.23. The number of hydrogen-bond acceptors (Lipinski definition) is 2. The van der Waals surface area contributed by atoms with Gasteiger partial charge in [0.25, 0.3) is 0 Å². The highest BCUT2D eigenvalue weighted by Crippen LogP contribution is 2.40. The molecule has 1 saturated carbocycles. The molecule has 0 saturated heterocycles. The number of benzene rings is 1. The maximum atomic E-state index is 12.8. The van der Waals surface area contributed by atoms with Crippen molar-refractivity contribution in [2.75, 3.05) is 5.75 Å². The molecule has 0 radical (unpaired) electrons. The Morgan fingerprint density at radius 1 is 1.19 bits per heavy atom. The molecule has 2 aromatic rings. The van der Waals surface area contributed by atoms with Gasteiger partial charge in [-0.15, -0.1) is 0 Å². The van der Waals surface area contributed by atoms with Crippen molar-refractivity contribution in [2.24, 2.45) is 0 Å². The summed E-state index contributed by atoms with van der Waals surface area (Å²) in [7, 11) is -0.744. The summed E-state index contributed by atoms with van der Waals surface area (Å²) in [5.41, 5.74) is 3.72. The van der Waals surface area contributed by atoms with E-state index in [1.807, 2.05) is 12.5 Å². The fourth-order valence-corrected chi connectivity index (χ4v) is 5.50. The van der Waals surface area contributed by atoms with Gasteiger partial charge in [-0.1, -0.05) is 43.5 Å². The monoisotopic (exact) mass is 300 g/mol. The van der Waals surface area contributed by atoms with Crippen LogP contribution in [0, 0.1) is 0 Å². The highest BCUT2D eigenvalue weighted by Gasteiger charge is 2.31. The third-order valence-electron chi connectivity index (χ3n) is 4.84. The summed E-state index contributed by atoms with van der Waals surface area (Å²) in [6.07, 6.45) is 9.88. The molecular weight excluding hydrogens is 280 g/mol. The molecule has 1 aliphatic heterocycles. The Kier molecular flexibility index (Phi) is 3.42. The molecule has 3 nitrogen and oxygen atoms in total. The maximum Gasteiger partial charge on any atom is 0.0957 e. The molecule has 4 heteroatoms. The molecular formula is C17H20N2OS. The molecule has 0 amide bonds. The molecule has 2 aliphatic rings. The van der Waals surface area contributed by atoms with E-state index in [2.05, 4.69) is 33.8 Å². The number of fused-ring (bicyclic) bond motifs is 3. The molecule has 1 aromatic heterocycles. The first kappa shape index (κ1) is 13.3. The van der Waals surface area contributed by atoms with Gasteiger partial charge in [0, 0.05) is 27.4 Å². The molecule has 1 fully saturated rings. The quantitative estimate of drug-likeness (QED) is 0.869. The molecule has 0 N–H and O–H groups in total. The lowest BCUT2D eigenvalue weighted by Crippen LogP contribution is -2.25. The lowest BCUT2D eigenvalue weighted by atomic mass is 10.0. The summed E-state index contributed by atoms with van der Waals surface area (Å²) in [4.78, 5) is 4.28. The van der Waals surface area contributed by atoms with Crippen LogP contribution in [0.15, 0.2) is 36.8 Å². The summed E-state index contributed by atoms with van der Waals surface area (Å²) < 4.78 is 15.0. The van der Waals surface area contributed by atoms with Crippen LogP contribution in [0.1, 0.15) is 43.7 Å². The molecule has 0 spiro atoms. The van der Waals surface area contributed by atoms with E-state index in [0.29, 0.717) is 5.25 Å². The molecule has 0 bridgehead atoms. The topological polar surface area (TPSA) is 34.9 Å². The van der Waals surface area contributed by atoms with Crippen molar-refractivity contribution in [3.8, 4) is 11.3 Å². The van der Waals surface area contributed by atoms with Crippen molar-refractivity contribution in [1.82, 2.24) is 9.55 Å². The molecule has 1 aromatic carbocycles. The summed E-state index contributed by atoms with van der Waals surface area (Å²) in [6.45, 7) is 0. The molecule has 2 atom stereocenters. The highest BCUT2D eigenvalue weighted by atomic mass is 32.2. The number of hydrogen-bond donors (Lipinski definition) is 0. The van der Waals surface area contributed by atoms with Crippen molar-refractivity contribution in [1.29, 1.82) is 0 Å². The maximum absolute atomic E-state index is 12.8. The number of rotatable bonds is 3. The minimum atomic E-state index is -0.744. The average molecular weight is 300 g/mol. The van der Waals surface area contributed by atoms with E-state index in [-0.39, 0.29) is 6.04 Å². The van der Waals surface area contributed by atoms with Crippen LogP contribution in [0.3, 0.4) is 0 Å². The predicted molar refractivity (Wildman–Crippen MR) is 85.7 cm³/mol. The molecule has 2 heterocycles. The number of aromatic nitrogens is 2. The van der Waals surface area contributed by atoms with Crippen LogP contribution < -0.4 is 0 Å². The van der Waals surface area contributed by atoms with Gasteiger partial charge in [0.1, 0.15) is 0 Å². The summed E-state index contributed by atoms with van der Waals surface area (Å²) in [5, 5.41) is 0.401. The van der Waals surface area contributed by atoms with E-state index in [9.17, 15) is 4.21 Å². The van der Waals surface area contributed by atoms with Gasteiger partial charge in [-0.3, -0.25) is 4.21 Å². The van der Waals surface area contributed by atoms with Gasteiger partial charge in [-0.05, 0) is 18.4 Å². The SMILES string of the molecule is O=S(C[C@@H]1c2ccccc2-c2cncn21)C1CCCCC1. The first-order valence-corrected chi connectivity index (χ1v) is 9.21. The molecule has 1 aliphatic carbocycles. The van der Waals surface area contributed by atoms with Crippen LogP contribution in [-0.2, 0) is 10.8 Å². The van der Waals surface area contributed by atoms with Crippen molar-refractivity contribution < 1.29 is 4.21 Å². The minimum absolute atomic E-state index is 0.196. The molecule has 21 heavy (non-hydrogen) atoms. The normalized spacial score (nSPS) is 22.8. The van der Waals surface area contributed by atoms with Crippen molar-refractivity contribution in [2.45, 2.75) is 43.4 Å². The fraction of sp³-hybridized carbons (Fsp3) is 0.471. The first-order valence-electron chi connectivity index (χ1n) is 7.83. The Hall–Kier alpha value is -1.42. The summed E-state index contributed by atoms with van der Waals surface area (Å²) >= 11 is 0. The Balaban J connectivity index is 1.62. The molecule has 4 rings (SSSR count). The average Bonchev–Trinajstić information content (AvgIpc) is 3.11. The van der Waals surface area contributed by atoms with Crippen molar-refractivity contribution in [3.05, 3.63) is 42.4 Å². The Morgan fingerprint density at radius 3 is 2.86 bits per heavy atom. The molecule has 1 unspecified atom stereocenters. The van der Waals surface area contributed by atoms with Crippen LogP contribution in [0.2, 0.25) is 0 Å². The Labute approximate surface area is 127 Å². The van der Waals surface area contributed by atoms with Gasteiger partial charge in [-0.2, -0.15) is 0 Å². The van der Waals surface area contributed by atoms with Gasteiger partial charge in [0.2, 0.25) is 0 Å². The standard InChI is InChI=1S/C17H20N2OS/c20-21(13-6-2-1-3-7-13)11-17-15-9-5-4-8-14(15)16-10-18-12-19(16)17/h4-5,8-10,12-13,17H,1-3,6-7,11H2/t17-,21?/m1/s1. The largest absolute Gasteiger partial charge is 0.322 e. The van der Waals surface area contributed by atoms with Gasteiger partial charge < -0.3 is 4.57 Å². The lowest BCUT2D eigenvalue weighted by molar-refractivity contribution is 0.502. The van der Waals surface area contributed by atoms with Gasteiger partial charge in [-0.25, -0.2) is 4.98 Å². The second kappa shape index (κ2) is 5.41. The van der Waals surface area contributed by atoms with E-state index >= 15 is 0 Å². The van der Waals surface area contributed by atoms with Gasteiger partial charge in [0.15, 0.2) is 0 Å². The molecule has 110 valence electrons. The number of imidazole rings is 1. The zero-order valence-electron chi connectivity index (χ0n) is 12.1. The van der Waals surface area contributed by atoms with E-state index < -0.39 is 10.8 Å². The minimum Gasteiger partial charge on any atom is -0.322 e. The van der Waals surface area contributed by atoms with E-state index in [0.717, 1.165) is 24.3 Å². The Morgan fingerprint density at radius 2 is 2.00 bits per heavy atom. The van der Waals surface area contributed by atoms with Gasteiger partial charge in [0.05, 0.1) is 24.3 Å². The van der Waals surface area contributed by atoms with Crippen LogP contribution in [0.25, 0.3) is 11.3 Å². The van der Waals surface area contributed by atoms with Crippen molar-refractivity contribution >= 4 is 10.8 Å².